The van der Waals surface area contributed by atoms with Gasteiger partial charge in [-0.15, -0.1) is 0 Å². The predicted octanol–water partition coefficient (Wildman–Crippen LogP) is 2.01. The monoisotopic (exact) mass is 384 g/mol. The van der Waals surface area contributed by atoms with Crippen molar-refractivity contribution in [3.63, 3.8) is 0 Å². The van der Waals surface area contributed by atoms with Crippen LogP contribution in [0.3, 0.4) is 0 Å². The summed E-state index contributed by atoms with van der Waals surface area (Å²) in [5, 5.41) is 13.9. The van der Waals surface area contributed by atoms with E-state index in [0.717, 1.165) is 0 Å². The zero-order valence-electron chi connectivity index (χ0n) is 11.5. The summed E-state index contributed by atoms with van der Waals surface area (Å²) in [6.45, 7) is -0.426. The molecule has 0 aliphatic heterocycles. The van der Waals surface area contributed by atoms with Gasteiger partial charge in [0.05, 0.1) is 22.1 Å². The van der Waals surface area contributed by atoms with Gasteiger partial charge in [-0.05, 0) is 30.6 Å². The van der Waals surface area contributed by atoms with Gasteiger partial charge in [-0.3, -0.25) is 4.79 Å². The number of carbonyl (C=O) groups excluding carboxylic acids is 2. The maximum atomic E-state index is 11.7. The molecule has 22 heavy (non-hydrogen) atoms. The molecule has 5 nitrogen and oxygen atoms in total. The standard InChI is InChI=1S/C13H14Cl3NO4S/c1-22-3-2-10(13(19)20)17-11(18)6-21-12-8(15)4-7(14)5-9(12)16/h4-5,10H,2-3,6H2,1H3,(H,17,18)(H,19,20)/p-1/t10-/m1/s1. The number of hydrogen-bond acceptors (Lipinski definition) is 5. The molecule has 0 bridgehead atoms. The second kappa shape index (κ2) is 9.35. The number of rotatable bonds is 8. The number of benzene rings is 1. The highest BCUT2D eigenvalue weighted by Gasteiger charge is 2.15. The van der Waals surface area contributed by atoms with Crippen molar-refractivity contribution in [2.75, 3.05) is 18.6 Å². The first-order valence-corrected chi connectivity index (χ1v) is 8.64. The van der Waals surface area contributed by atoms with Gasteiger partial charge in [-0.1, -0.05) is 34.8 Å². The van der Waals surface area contributed by atoms with Crippen LogP contribution in [0.2, 0.25) is 15.1 Å². The molecule has 1 atom stereocenters. The van der Waals surface area contributed by atoms with Crippen LogP contribution in [0.5, 0.6) is 5.75 Å². The first kappa shape index (κ1) is 19.2. The average Bonchev–Trinajstić information content (AvgIpc) is 2.41. The molecule has 1 rings (SSSR count). The molecule has 0 saturated carbocycles. The fourth-order valence-corrected chi connectivity index (χ4v) is 2.92. The van der Waals surface area contributed by atoms with E-state index >= 15 is 0 Å². The van der Waals surface area contributed by atoms with Crippen LogP contribution < -0.4 is 15.2 Å². The molecule has 0 unspecified atom stereocenters. The number of hydrogen-bond donors (Lipinski definition) is 1. The number of carbonyl (C=O) groups is 2. The molecule has 1 aromatic carbocycles. The minimum atomic E-state index is -1.34. The molecule has 0 fully saturated rings. The molecule has 0 aromatic heterocycles. The number of carboxylic acids is 1. The van der Waals surface area contributed by atoms with Crippen molar-refractivity contribution in [3.8, 4) is 5.75 Å². The van der Waals surface area contributed by atoms with E-state index in [2.05, 4.69) is 5.32 Å². The Balaban J connectivity index is 2.60. The number of ether oxygens (including phenoxy) is 1. The van der Waals surface area contributed by atoms with E-state index in [9.17, 15) is 14.7 Å². The van der Waals surface area contributed by atoms with Gasteiger partial charge in [0.25, 0.3) is 5.91 Å². The zero-order chi connectivity index (χ0) is 16.7. The summed E-state index contributed by atoms with van der Waals surface area (Å²) in [5.74, 6) is -1.27. The number of aliphatic carboxylic acids is 1. The number of amides is 1. The quantitative estimate of drug-likeness (QED) is 0.740. The van der Waals surface area contributed by atoms with Crippen LogP contribution in [0.25, 0.3) is 0 Å². The van der Waals surface area contributed by atoms with E-state index in [4.69, 9.17) is 39.5 Å². The number of carboxylic acid groups (broad SMARTS) is 1. The fraction of sp³-hybridized carbons (Fsp3) is 0.385. The van der Waals surface area contributed by atoms with Gasteiger partial charge >= 0.3 is 0 Å². The van der Waals surface area contributed by atoms with Crippen LogP contribution in [0.4, 0.5) is 0 Å². The Hall–Kier alpha value is -0.820. The highest BCUT2D eigenvalue weighted by molar-refractivity contribution is 7.98. The van der Waals surface area contributed by atoms with E-state index < -0.39 is 24.5 Å². The number of nitrogens with one attached hydrogen (secondary N) is 1. The Bertz CT molecular complexity index is 533. The molecule has 9 heteroatoms. The van der Waals surface area contributed by atoms with Crippen LogP contribution in [-0.2, 0) is 9.59 Å². The fourth-order valence-electron chi connectivity index (χ4n) is 1.53. The molecular weight excluding hydrogens is 373 g/mol. The van der Waals surface area contributed by atoms with E-state index in [0.29, 0.717) is 10.8 Å². The van der Waals surface area contributed by atoms with Crippen LogP contribution in [0.1, 0.15) is 6.42 Å². The Morgan fingerprint density at radius 1 is 1.32 bits per heavy atom. The smallest absolute Gasteiger partial charge is 0.258 e. The van der Waals surface area contributed by atoms with Gasteiger partial charge in [-0.2, -0.15) is 11.8 Å². The molecule has 0 heterocycles. The topological polar surface area (TPSA) is 78.5 Å². The lowest BCUT2D eigenvalue weighted by Gasteiger charge is -2.19. The van der Waals surface area contributed by atoms with E-state index in [1.165, 1.54) is 23.9 Å². The van der Waals surface area contributed by atoms with E-state index in [-0.39, 0.29) is 22.2 Å². The van der Waals surface area contributed by atoms with Crippen LogP contribution in [-0.4, -0.2) is 36.5 Å². The lowest BCUT2D eigenvalue weighted by Crippen LogP contribution is -2.49. The Morgan fingerprint density at radius 2 is 1.91 bits per heavy atom. The van der Waals surface area contributed by atoms with Crippen molar-refractivity contribution in [1.82, 2.24) is 5.32 Å². The van der Waals surface area contributed by atoms with Crippen molar-refractivity contribution in [1.29, 1.82) is 0 Å². The minimum Gasteiger partial charge on any atom is -0.548 e. The lowest BCUT2D eigenvalue weighted by atomic mass is 10.2. The molecule has 0 spiro atoms. The van der Waals surface area contributed by atoms with Gasteiger partial charge in [0, 0.05) is 5.02 Å². The third-order valence-electron chi connectivity index (χ3n) is 2.54. The maximum absolute atomic E-state index is 11.7. The summed E-state index contributed by atoms with van der Waals surface area (Å²) in [6, 6.07) is 1.77. The van der Waals surface area contributed by atoms with Gasteiger partial charge in [0.1, 0.15) is 0 Å². The molecule has 122 valence electrons. The van der Waals surface area contributed by atoms with Crippen molar-refractivity contribution in [2.45, 2.75) is 12.5 Å². The second-order valence-corrected chi connectivity index (χ2v) is 6.44. The van der Waals surface area contributed by atoms with Crippen molar-refractivity contribution < 1.29 is 19.4 Å². The summed E-state index contributed by atoms with van der Waals surface area (Å²) in [7, 11) is 0. The van der Waals surface area contributed by atoms with Gasteiger partial charge in [0.2, 0.25) is 0 Å². The first-order valence-electron chi connectivity index (χ1n) is 6.11. The number of thioether (sulfide) groups is 1. The largest absolute Gasteiger partial charge is 0.548 e. The van der Waals surface area contributed by atoms with E-state index in [1.807, 2.05) is 6.26 Å². The summed E-state index contributed by atoms with van der Waals surface area (Å²) in [5.41, 5.74) is 0. The van der Waals surface area contributed by atoms with Crippen molar-refractivity contribution >= 4 is 58.4 Å². The summed E-state index contributed by atoms with van der Waals surface area (Å²) < 4.78 is 5.22. The highest BCUT2D eigenvalue weighted by atomic mass is 35.5. The SMILES string of the molecule is CSCC[C@@H](NC(=O)COc1c(Cl)cc(Cl)cc1Cl)C(=O)[O-]. The van der Waals surface area contributed by atoms with Crippen molar-refractivity contribution in [3.05, 3.63) is 27.2 Å². The van der Waals surface area contributed by atoms with Crippen LogP contribution >= 0.6 is 46.6 Å². The Labute approximate surface area is 147 Å². The normalized spacial score (nSPS) is 11.8. The summed E-state index contributed by atoms with van der Waals surface area (Å²) >= 11 is 19.0. The zero-order valence-corrected chi connectivity index (χ0v) is 14.6. The summed E-state index contributed by atoms with van der Waals surface area (Å²) in [4.78, 5) is 22.7. The minimum absolute atomic E-state index is 0.108. The summed E-state index contributed by atoms with van der Waals surface area (Å²) in [6.07, 6.45) is 2.10. The molecule has 1 amide bonds. The lowest BCUT2D eigenvalue weighted by molar-refractivity contribution is -0.308. The Morgan fingerprint density at radius 3 is 2.41 bits per heavy atom. The van der Waals surface area contributed by atoms with Crippen LogP contribution in [0.15, 0.2) is 12.1 Å². The third-order valence-corrected chi connectivity index (χ3v) is 3.96. The molecule has 0 saturated heterocycles. The Kier molecular flexibility index (Phi) is 8.17. The molecule has 1 N–H and O–H groups in total. The molecule has 0 aliphatic rings. The van der Waals surface area contributed by atoms with Gasteiger partial charge in [-0.25, -0.2) is 0 Å². The molecular formula is C13H13Cl3NO4S-. The maximum Gasteiger partial charge on any atom is 0.258 e. The van der Waals surface area contributed by atoms with Crippen molar-refractivity contribution in [2.24, 2.45) is 0 Å². The second-order valence-electron chi connectivity index (χ2n) is 4.21. The highest BCUT2D eigenvalue weighted by Crippen LogP contribution is 2.35. The predicted molar refractivity (Wildman–Crippen MR) is 86.9 cm³/mol. The van der Waals surface area contributed by atoms with Crippen LogP contribution in [0, 0.1) is 0 Å². The first-order chi connectivity index (χ1) is 10.3. The average molecular weight is 386 g/mol. The molecule has 0 radical (unpaired) electrons. The molecule has 1 aromatic rings. The van der Waals surface area contributed by atoms with Gasteiger partial charge < -0.3 is 20.0 Å². The van der Waals surface area contributed by atoms with E-state index in [1.54, 1.807) is 0 Å². The number of halogens is 3. The van der Waals surface area contributed by atoms with Gasteiger partial charge in [0.15, 0.2) is 12.4 Å². The third kappa shape index (κ3) is 6.12. The molecule has 0 aliphatic carbocycles.